The molecule has 24 heavy (non-hydrogen) atoms. The van der Waals surface area contributed by atoms with Crippen LogP contribution in [-0.4, -0.2) is 19.5 Å². The Morgan fingerprint density at radius 3 is 2.67 bits per heavy atom. The van der Waals surface area contributed by atoms with Gasteiger partial charge in [-0.2, -0.15) is 0 Å². The molecular formula is C16H10Cl2FN5. The Balaban J connectivity index is 1.81. The maximum atomic E-state index is 13.3. The molecule has 3 heterocycles. The number of pyridine rings is 1. The fraction of sp³-hybridized carbons (Fsp3) is 0. The van der Waals surface area contributed by atoms with E-state index in [1.807, 2.05) is 22.9 Å². The van der Waals surface area contributed by atoms with E-state index in [2.05, 4.69) is 20.3 Å². The average Bonchev–Trinajstić information content (AvgIpc) is 3.19. The standard InChI is InChI=1S/C16H10Cl2FN5/c17-11-5-9(19)6-12(18)15(11)23-16-10-2-4-24(13(10)1-3-21-16)14-7-20-8-22-14/h1-8H,(H,20,22)(H,21,23). The van der Waals surface area contributed by atoms with E-state index in [1.54, 1.807) is 18.7 Å². The van der Waals surface area contributed by atoms with Gasteiger partial charge in [0.15, 0.2) is 0 Å². The van der Waals surface area contributed by atoms with Crippen LogP contribution in [0.1, 0.15) is 0 Å². The van der Waals surface area contributed by atoms with Gasteiger partial charge in [0.2, 0.25) is 0 Å². The number of aromatic nitrogens is 4. The van der Waals surface area contributed by atoms with E-state index in [9.17, 15) is 4.39 Å². The van der Waals surface area contributed by atoms with Crippen LogP contribution in [0, 0.1) is 5.82 Å². The molecule has 0 saturated carbocycles. The summed E-state index contributed by atoms with van der Waals surface area (Å²) in [7, 11) is 0. The first-order valence-electron chi connectivity index (χ1n) is 7.00. The number of H-pyrrole nitrogens is 1. The van der Waals surface area contributed by atoms with Gasteiger partial charge in [-0.3, -0.25) is 0 Å². The van der Waals surface area contributed by atoms with Crippen LogP contribution in [0.2, 0.25) is 10.0 Å². The van der Waals surface area contributed by atoms with Crippen molar-refractivity contribution in [3.63, 3.8) is 0 Å². The molecule has 3 aromatic heterocycles. The van der Waals surface area contributed by atoms with Crippen LogP contribution in [0.25, 0.3) is 16.7 Å². The molecule has 0 amide bonds. The summed E-state index contributed by atoms with van der Waals surface area (Å²) in [5.74, 6) is 0.910. The van der Waals surface area contributed by atoms with Crippen molar-refractivity contribution in [1.29, 1.82) is 0 Å². The molecule has 4 rings (SSSR count). The fourth-order valence-electron chi connectivity index (χ4n) is 2.54. The van der Waals surface area contributed by atoms with Crippen LogP contribution in [0.3, 0.4) is 0 Å². The second kappa shape index (κ2) is 5.81. The highest BCUT2D eigenvalue weighted by molar-refractivity contribution is 6.39. The number of halogens is 3. The minimum absolute atomic E-state index is 0.187. The summed E-state index contributed by atoms with van der Waals surface area (Å²) in [4.78, 5) is 11.4. The molecule has 0 aliphatic carbocycles. The van der Waals surface area contributed by atoms with Crippen molar-refractivity contribution >= 4 is 45.6 Å². The first-order valence-corrected chi connectivity index (χ1v) is 7.75. The van der Waals surface area contributed by atoms with Crippen molar-refractivity contribution in [2.24, 2.45) is 0 Å². The largest absolute Gasteiger partial charge is 0.337 e. The number of benzene rings is 1. The number of fused-ring (bicyclic) bond motifs is 1. The lowest BCUT2D eigenvalue weighted by Gasteiger charge is -2.11. The lowest BCUT2D eigenvalue weighted by molar-refractivity contribution is 0.628. The summed E-state index contributed by atoms with van der Waals surface area (Å²) in [5.41, 5.74) is 1.33. The van der Waals surface area contributed by atoms with Crippen LogP contribution < -0.4 is 5.32 Å². The molecule has 0 bridgehead atoms. The number of imidazole rings is 1. The lowest BCUT2D eigenvalue weighted by atomic mass is 10.2. The highest BCUT2D eigenvalue weighted by atomic mass is 35.5. The summed E-state index contributed by atoms with van der Waals surface area (Å²) in [5, 5.41) is 4.33. The van der Waals surface area contributed by atoms with Crippen LogP contribution in [-0.2, 0) is 0 Å². The summed E-state index contributed by atoms with van der Waals surface area (Å²) >= 11 is 12.2. The van der Waals surface area contributed by atoms with Crippen LogP contribution >= 0.6 is 23.2 Å². The summed E-state index contributed by atoms with van der Waals surface area (Å²) < 4.78 is 15.3. The predicted molar refractivity (Wildman–Crippen MR) is 92.9 cm³/mol. The molecule has 5 nitrogen and oxygen atoms in total. The van der Waals surface area contributed by atoms with E-state index in [-0.39, 0.29) is 10.0 Å². The smallest absolute Gasteiger partial charge is 0.139 e. The highest BCUT2D eigenvalue weighted by Crippen LogP contribution is 2.35. The van der Waals surface area contributed by atoms with Crippen LogP contribution in [0.15, 0.2) is 49.2 Å². The molecule has 120 valence electrons. The van der Waals surface area contributed by atoms with Gasteiger partial charge in [-0.1, -0.05) is 23.2 Å². The third kappa shape index (κ3) is 2.50. The van der Waals surface area contributed by atoms with E-state index < -0.39 is 5.82 Å². The zero-order valence-corrected chi connectivity index (χ0v) is 13.6. The minimum Gasteiger partial charge on any atom is -0.337 e. The maximum Gasteiger partial charge on any atom is 0.139 e. The van der Waals surface area contributed by atoms with Crippen molar-refractivity contribution in [3.8, 4) is 5.82 Å². The Morgan fingerprint density at radius 1 is 1.17 bits per heavy atom. The molecule has 2 N–H and O–H groups in total. The Bertz CT molecular complexity index is 1000. The zero-order chi connectivity index (χ0) is 16.7. The van der Waals surface area contributed by atoms with E-state index in [0.29, 0.717) is 11.5 Å². The first kappa shape index (κ1) is 15.0. The number of aromatic amines is 1. The van der Waals surface area contributed by atoms with Gasteiger partial charge in [-0.05, 0) is 24.3 Å². The van der Waals surface area contributed by atoms with Gasteiger partial charge in [0.25, 0.3) is 0 Å². The highest BCUT2D eigenvalue weighted by Gasteiger charge is 2.13. The van der Waals surface area contributed by atoms with Gasteiger partial charge in [0, 0.05) is 17.8 Å². The Kier molecular flexibility index (Phi) is 3.63. The SMILES string of the molecule is Fc1cc(Cl)c(Nc2nccc3c2ccn3-c2cnc[nH]2)c(Cl)c1. The van der Waals surface area contributed by atoms with Gasteiger partial charge in [0.1, 0.15) is 17.5 Å². The number of anilines is 2. The third-order valence-electron chi connectivity index (χ3n) is 3.61. The van der Waals surface area contributed by atoms with Gasteiger partial charge in [0.05, 0.1) is 33.8 Å². The lowest BCUT2D eigenvalue weighted by Crippen LogP contribution is -1.97. The van der Waals surface area contributed by atoms with E-state index in [4.69, 9.17) is 23.2 Å². The Hall–Kier alpha value is -2.57. The predicted octanol–water partition coefficient (Wildman–Crippen LogP) is 4.94. The second-order valence-corrected chi connectivity index (χ2v) is 5.90. The number of nitrogens with zero attached hydrogens (tertiary/aromatic N) is 3. The quantitative estimate of drug-likeness (QED) is 0.543. The number of nitrogens with one attached hydrogen (secondary N) is 2. The third-order valence-corrected chi connectivity index (χ3v) is 4.21. The molecule has 0 fully saturated rings. The molecule has 0 radical (unpaired) electrons. The molecule has 8 heteroatoms. The van der Waals surface area contributed by atoms with Crippen molar-refractivity contribution < 1.29 is 4.39 Å². The summed E-state index contributed by atoms with van der Waals surface area (Å²) in [6.45, 7) is 0. The van der Waals surface area contributed by atoms with Crippen molar-refractivity contribution in [2.45, 2.75) is 0 Å². The monoisotopic (exact) mass is 361 g/mol. The molecule has 0 unspecified atom stereocenters. The number of hydrogen-bond donors (Lipinski definition) is 2. The van der Waals surface area contributed by atoms with Crippen LogP contribution in [0.5, 0.6) is 0 Å². The molecular weight excluding hydrogens is 352 g/mol. The number of hydrogen-bond acceptors (Lipinski definition) is 3. The zero-order valence-electron chi connectivity index (χ0n) is 12.1. The van der Waals surface area contributed by atoms with Crippen molar-refractivity contribution in [3.05, 3.63) is 65.0 Å². The molecule has 1 aromatic carbocycles. The second-order valence-electron chi connectivity index (χ2n) is 5.08. The molecule has 0 aliphatic rings. The molecule has 0 saturated heterocycles. The van der Waals surface area contributed by atoms with Gasteiger partial charge in [-0.25, -0.2) is 14.4 Å². The normalized spacial score (nSPS) is 11.1. The van der Waals surface area contributed by atoms with Crippen molar-refractivity contribution in [1.82, 2.24) is 19.5 Å². The van der Waals surface area contributed by atoms with Gasteiger partial charge in [-0.15, -0.1) is 0 Å². The molecule has 0 spiro atoms. The van der Waals surface area contributed by atoms with Crippen molar-refractivity contribution in [2.75, 3.05) is 5.32 Å². The molecule has 4 aromatic rings. The Labute approximate surface area is 146 Å². The molecule has 0 atom stereocenters. The summed E-state index contributed by atoms with van der Waals surface area (Å²) in [6, 6.07) is 6.20. The topological polar surface area (TPSA) is 58.5 Å². The molecule has 0 aliphatic heterocycles. The van der Waals surface area contributed by atoms with Gasteiger partial charge < -0.3 is 14.9 Å². The Morgan fingerprint density at radius 2 is 1.96 bits per heavy atom. The van der Waals surface area contributed by atoms with E-state index in [1.165, 1.54) is 12.1 Å². The van der Waals surface area contributed by atoms with Crippen LogP contribution in [0.4, 0.5) is 15.9 Å². The van der Waals surface area contributed by atoms with E-state index in [0.717, 1.165) is 16.7 Å². The maximum absolute atomic E-state index is 13.3. The fourth-order valence-corrected chi connectivity index (χ4v) is 3.09. The summed E-state index contributed by atoms with van der Waals surface area (Å²) in [6.07, 6.45) is 6.90. The minimum atomic E-state index is -0.493. The first-order chi connectivity index (χ1) is 11.6. The van der Waals surface area contributed by atoms with E-state index >= 15 is 0 Å². The average molecular weight is 362 g/mol. The number of rotatable bonds is 3. The van der Waals surface area contributed by atoms with Gasteiger partial charge >= 0.3 is 0 Å².